The number of methoxy groups -OCH3 is 4. The predicted molar refractivity (Wildman–Crippen MR) is 491 cm³/mol. The summed E-state index contributed by atoms with van der Waals surface area (Å²) in [6.45, 7) is 10.2. The molecule has 0 atom stereocenters. The molecule has 17 rings (SSSR count). The zero-order valence-electron chi connectivity index (χ0n) is 73.2. The lowest BCUT2D eigenvalue weighted by Gasteiger charge is -2.17. The van der Waals surface area contributed by atoms with Gasteiger partial charge in [-0.3, -0.25) is 40.4 Å². The number of carbonyl (C=O) groups excluding carboxylic acids is 4. The van der Waals surface area contributed by atoms with E-state index < -0.39 is 36.0 Å². The maximum atomic E-state index is 12.6. The van der Waals surface area contributed by atoms with Gasteiger partial charge < -0.3 is 45.0 Å². The number of hydrogen-bond donors (Lipinski definition) is 4. The minimum absolute atomic E-state index is 0. The maximum Gasteiger partial charge on any atom is 0.485 e. The van der Waals surface area contributed by atoms with Crippen molar-refractivity contribution in [2.45, 2.75) is 45.0 Å². The summed E-state index contributed by atoms with van der Waals surface area (Å²) >= 11 is 4.80. The zero-order chi connectivity index (χ0) is 98.0. The summed E-state index contributed by atoms with van der Waals surface area (Å²) in [5, 5.41) is 13.9. The van der Waals surface area contributed by atoms with Crippen LogP contribution in [0.4, 0.5) is 33.7 Å². The van der Waals surface area contributed by atoms with Gasteiger partial charge in [0.25, 0.3) is 23.6 Å². The standard InChI is InChI=1S/4C22H17IN2O2S.C7H8O3S.CHF3O3S.BrH.ClHO4/c4*1-14-3-7-16(8-4-14)23-17-9-5-15(6-10-17)21(26)25-22-24-19-12-11-18(27-2)13-20(19)28-22;1-6-2-4-7(5-3-6)11(8,9)10;2-1(3,4)8(5,6)7;;2-1(3,4)5/h4*3-13H,1-2H3;2-5H,1H3,(H,8,9,10);(H,5,6,7);1H;(H,2,3,4,5). The van der Waals surface area contributed by atoms with Gasteiger partial charge in [0.2, 0.25) is 0 Å². The Kier molecular flexibility index (Phi) is 40.4. The van der Waals surface area contributed by atoms with E-state index in [0.717, 1.165) is 69.4 Å². The summed E-state index contributed by atoms with van der Waals surface area (Å²) in [6, 6.07) is 94.6. The van der Waals surface area contributed by atoms with E-state index in [2.05, 4.69) is 166 Å². The van der Waals surface area contributed by atoms with Crippen molar-refractivity contribution < 1.29 is 208 Å². The van der Waals surface area contributed by atoms with Crippen molar-refractivity contribution >= 4 is 151 Å². The molecule has 0 fully saturated rings. The minimum atomic E-state index is -6.09. The van der Waals surface area contributed by atoms with Crippen molar-refractivity contribution in [1.29, 1.82) is 0 Å². The number of fused-ring (bicyclic) bond motifs is 4. The van der Waals surface area contributed by atoms with Crippen LogP contribution in [0.3, 0.4) is 0 Å². The third-order valence-electron chi connectivity index (χ3n) is 18.2. The molecule has 0 saturated carbocycles. The van der Waals surface area contributed by atoms with E-state index in [1.807, 2.05) is 177 Å². The lowest BCUT2D eigenvalue weighted by molar-refractivity contribution is -2.00. The Labute approximate surface area is 856 Å². The average Bonchev–Trinajstić information content (AvgIpc) is 1.66. The van der Waals surface area contributed by atoms with E-state index in [0.29, 0.717) is 42.8 Å². The van der Waals surface area contributed by atoms with Crippen molar-refractivity contribution in [2.24, 2.45) is 0 Å². The first-order chi connectivity index (χ1) is 64.7. The summed E-state index contributed by atoms with van der Waals surface area (Å²) in [7, 11) is -8.77. The first kappa shape index (κ1) is 109. The monoisotopic (exact) mass is 2500 g/mol. The highest BCUT2D eigenvalue weighted by molar-refractivity contribution is 7.86. The van der Waals surface area contributed by atoms with Gasteiger partial charge in [-0.1, -0.05) is 134 Å². The van der Waals surface area contributed by atoms with Gasteiger partial charge in [-0.2, -0.15) is 13.2 Å². The van der Waals surface area contributed by atoms with Crippen molar-refractivity contribution in [3.63, 3.8) is 0 Å². The largest absolute Gasteiger partial charge is 1.00 e. The Morgan fingerprint density at radius 1 is 0.314 bits per heavy atom. The summed E-state index contributed by atoms with van der Waals surface area (Å²) in [4.78, 5) is 67.9. The molecule has 137 heavy (non-hydrogen) atoms. The number of nitrogens with one attached hydrogen (secondary N) is 4. The van der Waals surface area contributed by atoms with E-state index in [4.69, 9.17) is 50.6 Å². The van der Waals surface area contributed by atoms with Gasteiger partial charge in [-0.05, 0) is 265 Å². The van der Waals surface area contributed by atoms with Crippen molar-refractivity contribution in [3.05, 3.63) is 370 Å². The molecule has 4 heterocycles. The van der Waals surface area contributed by atoms with E-state index in [9.17, 15) is 45.3 Å². The van der Waals surface area contributed by atoms with Gasteiger partial charge in [0.05, 0.1) is 74.2 Å². The van der Waals surface area contributed by atoms with Crippen LogP contribution >= 0.6 is 45.3 Å². The van der Waals surface area contributed by atoms with Gasteiger partial charge in [-0.25, -0.2) is 55.4 Å². The van der Waals surface area contributed by atoms with Crippen LogP contribution in [0, 0.1) is 73.4 Å². The summed E-state index contributed by atoms with van der Waals surface area (Å²) in [6.07, 6.45) is 0. The quantitative estimate of drug-likeness (QED) is 0.0446. The molecule has 17 aromatic rings. The molecule has 4 aromatic heterocycles. The molecule has 710 valence electrons. The molecule has 0 aliphatic rings. The molecule has 41 heteroatoms. The number of anilines is 4. The second-order valence-corrected chi connectivity index (χ2v) is 48.1. The van der Waals surface area contributed by atoms with Crippen molar-refractivity contribution in [2.75, 3.05) is 49.7 Å². The van der Waals surface area contributed by atoms with E-state index in [1.165, 1.54) is 108 Å². The van der Waals surface area contributed by atoms with E-state index in [-0.39, 0.29) is 130 Å². The van der Waals surface area contributed by atoms with Gasteiger partial charge in [0.1, 0.15) is 33.1 Å². The Hall–Kier alpha value is -10.4. The van der Waals surface area contributed by atoms with Crippen LogP contribution in [-0.2, 0) is 20.2 Å². The van der Waals surface area contributed by atoms with Crippen molar-refractivity contribution in [1.82, 2.24) is 19.9 Å². The molecule has 4 amide bonds. The number of aryl methyl sites for hydroxylation is 5. The molecule has 4 N–H and O–H groups in total. The smallest absolute Gasteiger partial charge is 0.485 e. The number of carbonyl (C=O) groups is 4. The molecule has 0 bridgehead atoms. The number of ether oxygens (including phenoxy) is 4. The summed E-state index contributed by atoms with van der Waals surface area (Å²) < 4.78 is 160. The Morgan fingerprint density at radius 2 is 0.482 bits per heavy atom. The van der Waals surface area contributed by atoms with Gasteiger partial charge in [0.15, 0.2) is 59.2 Å². The third-order valence-corrected chi connectivity index (χ3v) is 34.1. The Balaban J connectivity index is 0.000000174. The van der Waals surface area contributed by atoms with Crippen LogP contribution in [0.2, 0.25) is 0 Å². The van der Waals surface area contributed by atoms with Gasteiger partial charge >= 0.3 is 90.3 Å². The van der Waals surface area contributed by atoms with Crippen LogP contribution in [0.25, 0.3) is 40.9 Å². The normalized spacial score (nSPS) is 11.0. The van der Waals surface area contributed by atoms with E-state index in [1.54, 1.807) is 40.6 Å². The second kappa shape index (κ2) is 51.0. The van der Waals surface area contributed by atoms with Crippen molar-refractivity contribution in [3.8, 4) is 23.0 Å². The Morgan fingerprint density at radius 3 is 0.642 bits per heavy atom. The fraction of sp³-hybridized carbons (Fsp3) is 0.104. The lowest BCUT2D eigenvalue weighted by Crippen LogP contribution is -3.61. The topological polar surface area (TPSA) is 412 Å². The van der Waals surface area contributed by atoms with Crippen LogP contribution in [-0.4, -0.2) is 103 Å². The lowest BCUT2D eigenvalue weighted by atomic mass is 10.2. The molecule has 0 spiro atoms. The number of thiazole rings is 4. The zero-order valence-corrected chi connectivity index (χ0v) is 89.1. The first-order valence-corrected chi connectivity index (χ1v) is 55.6. The Bertz CT molecular complexity index is 6480. The molecule has 13 aromatic carbocycles. The highest BCUT2D eigenvalue weighted by atomic mass is 127. The second-order valence-electron chi connectivity index (χ2n) is 28.4. The number of halogens is 9. The molecule has 0 unspecified atom stereocenters. The molecule has 0 radical (unpaired) electrons. The van der Waals surface area contributed by atoms with Crippen LogP contribution in [0.15, 0.2) is 296 Å². The maximum absolute atomic E-state index is 12.6. The highest BCUT2D eigenvalue weighted by Crippen LogP contribution is 2.34. The molecule has 0 aliphatic carbocycles. The number of hydrogen-bond acceptors (Lipinski definition) is 26. The predicted octanol–water partition coefficient (Wildman–Crippen LogP) is 1.17. The molecule has 0 aliphatic heterocycles. The summed E-state index contributed by atoms with van der Waals surface area (Å²) in [5.41, 5.74) is 6.29. The van der Waals surface area contributed by atoms with Crippen LogP contribution in [0.1, 0.15) is 69.2 Å². The van der Waals surface area contributed by atoms with Crippen LogP contribution < -0.4 is 161 Å². The molecule has 26 nitrogen and oxygen atoms in total. The molecular weight excluding hydrogens is 2430 g/mol. The SMILES string of the molecule is COc1ccc2nc(NC(=O)c3ccc([I+]c4ccc(C)cc4)cc3)sc2c1.COc1ccc2nc(NC(=O)c3ccc([I+]c4ccc(C)cc4)cc3)sc2c1.COc1ccc2nc(NC(=O)c3ccc([I+]c4ccc(C)cc4)cc3)sc2c1.COc1ccc2nc(NC(=O)c3ccc([I+]c4ccc(C)cc4)cc3)sc2c1.Cc1ccc(S(=O)(=O)[O-])cc1.O=S(=O)([O-])C(F)(F)F.[Br-].[O-][Cl+3]([O-])([O-])[O-]. The van der Waals surface area contributed by atoms with E-state index >= 15 is 0 Å². The van der Waals surface area contributed by atoms with Gasteiger partial charge in [-0.15, -0.1) is 10.2 Å². The average molecular weight is 2510 g/mol. The fourth-order valence-corrected chi connectivity index (χ4v) is 23.9. The molecule has 0 saturated heterocycles. The summed E-state index contributed by atoms with van der Waals surface area (Å²) in [5.74, 6) is 2.53. The van der Waals surface area contributed by atoms with Crippen LogP contribution in [0.5, 0.6) is 23.0 Å². The highest BCUT2D eigenvalue weighted by Gasteiger charge is 2.37. The third kappa shape index (κ3) is 34.9. The fourth-order valence-electron chi connectivity index (χ4n) is 11.3. The number of alkyl halides is 3. The number of rotatable bonds is 21. The number of aromatic nitrogens is 4. The molecular formula is C96H79BrClF3I4N8O18S6. The van der Waals surface area contributed by atoms with Gasteiger partial charge in [0, 0.05) is 22.3 Å². The minimum Gasteiger partial charge on any atom is -1.00 e. The first-order valence-electron chi connectivity index (χ1n) is 39.6. The number of benzene rings is 13. The number of amides is 4. The number of nitrogens with zero attached hydrogens (tertiary/aromatic N) is 4.